The van der Waals surface area contributed by atoms with E-state index in [9.17, 15) is 39.9 Å². The molecule has 1 saturated heterocycles. The Hall–Kier alpha value is -0.550. The van der Waals surface area contributed by atoms with Crippen molar-refractivity contribution in [2.24, 2.45) is 17.3 Å². The second-order valence-corrected chi connectivity index (χ2v) is 10.5. The molecule has 0 saturated carbocycles. The van der Waals surface area contributed by atoms with E-state index in [1.165, 1.54) is 0 Å². The van der Waals surface area contributed by atoms with E-state index >= 15 is 0 Å². The van der Waals surface area contributed by atoms with Crippen LogP contribution in [0.25, 0.3) is 0 Å². The van der Waals surface area contributed by atoms with Crippen molar-refractivity contribution in [3.63, 3.8) is 0 Å². The summed E-state index contributed by atoms with van der Waals surface area (Å²) in [5.74, 6) is -1.98. The van der Waals surface area contributed by atoms with Gasteiger partial charge in [-0.3, -0.25) is 4.18 Å². The van der Waals surface area contributed by atoms with Gasteiger partial charge in [-0.25, -0.2) is 0 Å². The van der Waals surface area contributed by atoms with Crippen LogP contribution in [0.2, 0.25) is 0 Å². The van der Waals surface area contributed by atoms with Gasteiger partial charge in [0.25, 0.3) is 15.7 Å². The van der Waals surface area contributed by atoms with Gasteiger partial charge in [-0.15, -0.1) is 0 Å². The molecule has 168 valence electrons. The van der Waals surface area contributed by atoms with Crippen LogP contribution in [0.3, 0.4) is 0 Å². The van der Waals surface area contributed by atoms with E-state index in [1.807, 2.05) is 0 Å². The molecule has 1 fully saturated rings. The van der Waals surface area contributed by atoms with E-state index < -0.39 is 62.6 Å². The molecule has 0 aromatic carbocycles. The number of alkyl halides is 6. The molecule has 1 N–H and O–H groups in total. The third-order valence-electron chi connectivity index (χ3n) is 6.14. The van der Waals surface area contributed by atoms with E-state index in [2.05, 4.69) is 0 Å². The normalized spacial score (nSPS) is 26.8. The van der Waals surface area contributed by atoms with Gasteiger partial charge in [0.05, 0.1) is 10.9 Å². The van der Waals surface area contributed by atoms with E-state index in [-0.39, 0.29) is 12.8 Å². The molecule has 1 aliphatic rings. The van der Waals surface area contributed by atoms with Crippen LogP contribution in [0, 0.1) is 17.3 Å². The zero-order valence-corrected chi connectivity index (χ0v) is 17.5. The predicted molar refractivity (Wildman–Crippen MR) is 90.9 cm³/mol. The SMILES string of the molecule is CCC(CC(C)CC(O)(C(F)(F)F)C(F)(F)F)C1C(C)(C)C(C)(C)OS1(=O)=O. The summed E-state index contributed by atoms with van der Waals surface area (Å²) in [5.41, 5.74) is -6.85. The summed E-state index contributed by atoms with van der Waals surface area (Å²) in [7, 11) is -4.07. The lowest BCUT2D eigenvalue weighted by molar-refractivity contribution is -0.372. The summed E-state index contributed by atoms with van der Waals surface area (Å²) in [6, 6.07) is 0. The number of rotatable bonds is 6. The van der Waals surface area contributed by atoms with Crippen molar-refractivity contribution >= 4 is 10.1 Å². The van der Waals surface area contributed by atoms with E-state index in [0.717, 1.165) is 6.92 Å². The smallest absolute Gasteiger partial charge is 0.374 e. The topological polar surface area (TPSA) is 63.6 Å². The molecule has 0 amide bonds. The van der Waals surface area contributed by atoms with Crippen LogP contribution in [0.1, 0.15) is 60.8 Å². The highest BCUT2D eigenvalue weighted by Crippen LogP contribution is 2.53. The van der Waals surface area contributed by atoms with Gasteiger partial charge in [0.2, 0.25) is 0 Å². The van der Waals surface area contributed by atoms with Crippen molar-refractivity contribution < 1.29 is 44.0 Å². The van der Waals surface area contributed by atoms with Crippen LogP contribution in [-0.2, 0) is 14.3 Å². The monoisotopic (exact) mass is 442 g/mol. The van der Waals surface area contributed by atoms with Gasteiger partial charge in [0, 0.05) is 5.41 Å². The molecule has 1 aliphatic heterocycles. The third kappa shape index (κ3) is 4.30. The highest BCUT2D eigenvalue weighted by molar-refractivity contribution is 7.87. The average molecular weight is 442 g/mol. The largest absolute Gasteiger partial charge is 0.426 e. The Labute approximate surface area is 161 Å². The highest BCUT2D eigenvalue weighted by Gasteiger charge is 2.70. The predicted octanol–water partition coefficient (Wildman–Crippen LogP) is 4.82. The fourth-order valence-electron chi connectivity index (χ4n) is 3.98. The number of halogens is 6. The maximum atomic E-state index is 12.9. The van der Waals surface area contributed by atoms with Crippen LogP contribution in [0.5, 0.6) is 0 Å². The molecule has 11 heteroatoms. The molecule has 0 aromatic rings. The zero-order chi connectivity index (χ0) is 22.6. The zero-order valence-electron chi connectivity index (χ0n) is 16.7. The molecule has 1 heterocycles. The molecular weight excluding hydrogens is 414 g/mol. The number of hydrogen-bond donors (Lipinski definition) is 1. The summed E-state index contributed by atoms with van der Waals surface area (Å²) in [6.45, 7) is 9.22. The molecule has 0 spiro atoms. The summed E-state index contributed by atoms with van der Waals surface area (Å²) in [4.78, 5) is 0. The number of hydrogen-bond acceptors (Lipinski definition) is 4. The van der Waals surface area contributed by atoms with Crippen molar-refractivity contribution in [2.75, 3.05) is 0 Å². The van der Waals surface area contributed by atoms with Gasteiger partial charge in [-0.2, -0.15) is 34.8 Å². The first-order chi connectivity index (χ1) is 12.1. The first-order valence-corrected chi connectivity index (χ1v) is 10.4. The second kappa shape index (κ2) is 7.30. The van der Waals surface area contributed by atoms with Crippen molar-refractivity contribution in [1.82, 2.24) is 0 Å². The van der Waals surface area contributed by atoms with Crippen LogP contribution in [-0.4, -0.2) is 42.3 Å². The molecule has 0 bridgehead atoms. The lowest BCUT2D eigenvalue weighted by Crippen LogP contribution is -2.57. The quantitative estimate of drug-likeness (QED) is 0.473. The van der Waals surface area contributed by atoms with Crippen molar-refractivity contribution in [3.05, 3.63) is 0 Å². The van der Waals surface area contributed by atoms with Gasteiger partial charge < -0.3 is 5.11 Å². The van der Waals surface area contributed by atoms with Crippen molar-refractivity contribution in [1.29, 1.82) is 0 Å². The first-order valence-electron chi connectivity index (χ1n) is 8.94. The maximum Gasteiger partial charge on any atom is 0.426 e. The standard InChI is InChI=1S/C17H28F6O4S/c1-7-11(12-13(3,4)14(5,6)27-28(12,25)26)8-10(2)9-15(24,16(18,19)20)17(21,22)23/h10-12,24H,7-9H2,1-6H3. The van der Waals surface area contributed by atoms with Gasteiger partial charge in [0.1, 0.15) is 0 Å². The summed E-state index contributed by atoms with van der Waals surface area (Å²) in [5, 5.41) is 8.31. The fourth-order valence-corrected chi connectivity index (χ4v) is 6.66. The van der Waals surface area contributed by atoms with Gasteiger partial charge in [-0.05, 0) is 38.5 Å². The fraction of sp³-hybridized carbons (Fsp3) is 1.00. The van der Waals surface area contributed by atoms with Crippen molar-refractivity contribution in [2.45, 2.75) is 89.6 Å². The Bertz CT molecular complexity index is 652. The lowest BCUT2D eigenvalue weighted by atomic mass is 9.68. The lowest BCUT2D eigenvalue weighted by Gasteiger charge is -2.39. The highest BCUT2D eigenvalue weighted by atomic mass is 32.2. The molecule has 0 radical (unpaired) electrons. The summed E-state index contributed by atoms with van der Waals surface area (Å²) >= 11 is 0. The maximum absolute atomic E-state index is 12.9. The van der Waals surface area contributed by atoms with Crippen LogP contribution < -0.4 is 0 Å². The minimum atomic E-state index is -5.90. The molecule has 0 aromatic heterocycles. The van der Waals surface area contributed by atoms with Gasteiger partial charge in [0.15, 0.2) is 0 Å². The van der Waals surface area contributed by atoms with Crippen molar-refractivity contribution in [3.8, 4) is 0 Å². The Balaban J connectivity index is 3.17. The summed E-state index contributed by atoms with van der Waals surface area (Å²) in [6.07, 6.45) is -13.4. The first kappa shape index (κ1) is 25.5. The van der Waals surface area contributed by atoms with Crippen LogP contribution in [0.15, 0.2) is 0 Å². The molecule has 3 atom stereocenters. The Morgan fingerprint density at radius 2 is 1.46 bits per heavy atom. The number of aliphatic hydroxyl groups is 1. The Morgan fingerprint density at radius 3 is 1.75 bits per heavy atom. The van der Waals surface area contributed by atoms with E-state index in [4.69, 9.17) is 4.18 Å². The molecule has 0 aliphatic carbocycles. The van der Waals surface area contributed by atoms with E-state index in [1.54, 1.807) is 34.6 Å². The molecular formula is C17H28F6O4S. The Morgan fingerprint density at radius 1 is 1.04 bits per heavy atom. The van der Waals surface area contributed by atoms with E-state index in [0.29, 0.717) is 0 Å². The van der Waals surface area contributed by atoms with Gasteiger partial charge >= 0.3 is 12.4 Å². The molecule has 4 nitrogen and oxygen atoms in total. The molecule has 1 rings (SSSR count). The molecule has 3 unspecified atom stereocenters. The van der Waals surface area contributed by atoms with Crippen LogP contribution in [0.4, 0.5) is 26.3 Å². The molecule has 28 heavy (non-hydrogen) atoms. The third-order valence-corrected chi connectivity index (χ3v) is 8.38. The minimum absolute atomic E-state index is 0.216. The average Bonchev–Trinajstić information content (AvgIpc) is 2.54. The minimum Gasteiger partial charge on any atom is -0.374 e. The van der Waals surface area contributed by atoms with Crippen LogP contribution >= 0.6 is 0 Å². The Kier molecular flexibility index (Phi) is 6.64. The van der Waals surface area contributed by atoms with Gasteiger partial charge in [-0.1, -0.05) is 34.1 Å². The second-order valence-electron chi connectivity index (χ2n) is 8.80. The summed E-state index contributed by atoms with van der Waals surface area (Å²) < 4.78 is 108.